The molecule has 26 heavy (non-hydrogen) atoms. The second-order valence-electron chi connectivity index (χ2n) is 5.69. The van der Waals surface area contributed by atoms with Crippen molar-refractivity contribution >= 4 is 11.3 Å². The standard InChI is InChI=1S/C20H17F3O2S/c1-24-16-9-7-14(8-10-16)11-18-17(12-19(26-18)20(21,22)23)25-13-15-5-3-2-4-6-15/h2-10,12H,11,13H2,1H3. The molecule has 1 heterocycles. The molecular weight excluding hydrogens is 361 g/mol. The van der Waals surface area contributed by atoms with E-state index in [4.69, 9.17) is 9.47 Å². The largest absolute Gasteiger partial charge is 0.497 e. The van der Waals surface area contributed by atoms with Crippen LogP contribution in [0.3, 0.4) is 0 Å². The molecule has 0 fully saturated rings. The molecule has 2 aromatic carbocycles. The Labute approximate surface area is 153 Å². The van der Waals surface area contributed by atoms with Gasteiger partial charge in [-0.05, 0) is 23.3 Å². The maximum atomic E-state index is 13.1. The fraction of sp³-hybridized carbons (Fsp3) is 0.200. The Morgan fingerprint density at radius 3 is 2.23 bits per heavy atom. The van der Waals surface area contributed by atoms with Crippen LogP contribution in [0.15, 0.2) is 60.7 Å². The van der Waals surface area contributed by atoms with E-state index in [1.54, 1.807) is 19.2 Å². The van der Waals surface area contributed by atoms with Crippen molar-refractivity contribution in [1.29, 1.82) is 0 Å². The summed E-state index contributed by atoms with van der Waals surface area (Å²) in [6.07, 6.45) is -4.01. The third kappa shape index (κ3) is 4.58. The van der Waals surface area contributed by atoms with Crippen LogP contribution < -0.4 is 9.47 Å². The number of thiophene rings is 1. The average Bonchev–Trinajstić information content (AvgIpc) is 3.05. The minimum atomic E-state index is -4.38. The highest BCUT2D eigenvalue weighted by atomic mass is 32.1. The molecule has 0 bridgehead atoms. The molecule has 3 aromatic rings. The second-order valence-corrected chi connectivity index (χ2v) is 6.83. The molecule has 2 nitrogen and oxygen atoms in total. The molecule has 136 valence electrons. The van der Waals surface area contributed by atoms with Gasteiger partial charge in [-0.3, -0.25) is 0 Å². The molecule has 0 saturated carbocycles. The number of hydrogen-bond acceptors (Lipinski definition) is 3. The zero-order valence-corrected chi connectivity index (χ0v) is 14.9. The highest BCUT2D eigenvalue weighted by molar-refractivity contribution is 7.12. The summed E-state index contributed by atoms with van der Waals surface area (Å²) >= 11 is 0.725. The molecule has 6 heteroatoms. The SMILES string of the molecule is COc1ccc(Cc2sc(C(F)(F)F)cc2OCc2ccccc2)cc1. The van der Waals surface area contributed by atoms with Crippen LogP contribution in [0.1, 0.15) is 20.9 Å². The Morgan fingerprint density at radius 2 is 1.62 bits per heavy atom. The molecule has 0 N–H and O–H groups in total. The third-order valence-corrected chi connectivity index (χ3v) is 4.97. The first kappa shape index (κ1) is 18.3. The van der Waals surface area contributed by atoms with Crippen molar-refractivity contribution < 1.29 is 22.6 Å². The molecule has 0 amide bonds. The lowest BCUT2D eigenvalue weighted by Crippen LogP contribution is -2.01. The van der Waals surface area contributed by atoms with Gasteiger partial charge < -0.3 is 9.47 Å². The molecule has 0 spiro atoms. The van der Waals surface area contributed by atoms with Gasteiger partial charge in [-0.2, -0.15) is 13.2 Å². The highest BCUT2D eigenvalue weighted by Gasteiger charge is 2.34. The smallest absolute Gasteiger partial charge is 0.425 e. The first-order valence-electron chi connectivity index (χ1n) is 7.95. The van der Waals surface area contributed by atoms with Gasteiger partial charge in [0.25, 0.3) is 0 Å². The molecule has 0 aliphatic heterocycles. The molecular formula is C20H17F3O2S. The zero-order valence-electron chi connectivity index (χ0n) is 14.0. The lowest BCUT2D eigenvalue weighted by molar-refractivity contribution is -0.134. The van der Waals surface area contributed by atoms with E-state index in [9.17, 15) is 13.2 Å². The van der Waals surface area contributed by atoms with Gasteiger partial charge in [-0.15, -0.1) is 11.3 Å². The highest BCUT2D eigenvalue weighted by Crippen LogP contribution is 2.41. The quantitative estimate of drug-likeness (QED) is 0.528. The fourth-order valence-corrected chi connectivity index (χ4v) is 3.47. The van der Waals surface area contributed by atoms with Crippen molar-refractivity contribution in [3.05, 3.63) is 81.5 Å². The topological polar surface area (TPSA) is 18.5 Å². The van der Waals surface area contributed by atoms with Crippen LogP contribution in [0.4, 0.5) is 13.2 Å². The number of ether oxygens (including phenoxy) is 2. The van der Waals surface area contributed by atoms with E-state index in [0.29, 0.717) is 17.0 Å². The van der Waals surface area contributed by atoms with Crippen molar-refractivity contribution in [3.63, 3.8) is 0 Å². The monoisotopic (exact) mass is 378 g/mol. The normalized spacial score (nSPS) is 11.4. The first-order chi connectivity index (χ1) is 12.5. The van der Waals surface area contributed by atoms with Crippen molar-refractivity contribution in [3.8, 4) is 11.5 Å². The van der Waals surface area contributed by atoms with E-state index in [1.807, 2.05) is 42.5 Å². The Balaban J connectivity index is 1.82. The Morgan fingerprint density at radius 1 is 0.923 bits per heavy atom. The Hall–Kier alpha value is -2.47. The number of halogens is 3. The lowest BCUT2D eigenvalue weighted by atomic mass is 10.1. The van der Waals surface area contributed by atoms with E-state index >= 15 is 0 Å². The minimum Gasteiger partial charge on any atom is -0.497 e. The van der Waals surface area contributed by atoms with Gasteiger partial charge >= 0.3 is 6.18 Å². The van der Waals surface area contributed by atoms with E-state index in [2.05, 4.69) is 0 Å². The van der Waals surface area contributed by atoms with Gasteiger partial charge in [0, 0.05) is 12.5 Å². The number of alkyl halides is 3. The van der Waals surface area contributed by atoms with E-state index in [-0.39, 0.29) is 12.4 Å². The third-order valence-electron chi connectivity index (χ3n) is 3.81. The van der Waals surface area contributed by atoms with Gasteiger partial charge in [0.15, 0.2) is 0 Å². The summed E-state index contributed by atoms with van der Waals surface area (Å²) in [5.41, 5.74) is 1.80. The van der Waals surface area contributed by atoms with E-state index in [0.717, 1.165) is 28.5 Å². The van der Waals surface area contributed by atoms with Crippen LogP contribution in [-0.2, 0) is 19.2 Å². The van der Waals surface area contributed by atoms with E-state index in [1.165, 1.54) is 0 Å². The van der Waals surface area contributed by atoms with Gasteiger partial charge in [0.05, 0.1) is 12.0 Å². The molecule has 0 unspecified atom stereocenters. The predicted molar refractivity (Wildman–Crippen MR) is 95.9 cm³/mol. The first-order valence-corrected chi connectivity index (χ1v) is 8.77. The summed E-state index contributed by atoms with van der Waals surface area (Å²) in [6, 6.07) is 17.7. The number of benzene rings is 2. The van der Waals surface area contributed by atoms with Crippen LogP contribution in [0, 0.1) is 0 Å². The van der Waals surface area contributed by atoms with E-state index < -0.39 is 11.1 Å². The minimum absolute atomic E-state index is 0.227. The van der Waals surface area contributed by atoms with Crippen molar-refractivity contribution in [2.75, 3.05) is 7.11 Å². The van der Waals surface area contributed by atoms with Gasteiger partial charge in [0.1, 0.15) is 23.0 Å². The summed E-state index contributed by atoms with van der Waals surface area (Å²) in [5, 5.41) is 0. The molecule has 0 saturated heterocycles. The summed E-state index contributed by atoms with van der Waals surface area (Å²) in [6.45, 7) is 0.227. The second kappa shape index (κ2) is 7.83. The van der Waals surface area contributed by atoms with Gasteiger partial charge in [-0.1, -0.05) is 42.5 Å². The van der Waals surface area contributed by atoms with Crippen LogP contribution in [-0.4, -0.2) is 7.11 Å². The van der Waals surface area contributed by atoms with Crippen LogP contribution in [0.2, 0.25) is 0 Å². The Bertz CT molecular complexity index is 840. The molecule has 0 aliphatic carbocycles. The number of hydrogen-bond donors (Lipinski definition) is 0. The Kier molecular flexibility index (Phi) is 5.52. The molecule has 0 radical (unpaired) electrons. The number of methoxy groups -OCH3 is 1. The number of rotatable bonds is 6. The summed E-state index contributed by atoms with van der Waals surface area (Å²) < 4.78 is 50.2. The summed E-state index contributed by atoms with van der Waals surface area (Å²) in [7, 11) is 1.57. The molecule has 0 aliphatic rings. The average molecular weight is 378 g/mol. The van der Waals surface area contributed by atoms with Crippen molar-refractivity contribution in [1.82, 2.24) is 0 Å². The van der Waals surface area contributed by atoms with Gasteiger partial charge in [0.2, 0.25) is 0 Å². The van der Waals surface area contributed by atoms with Crippen LogP contribution in [0.25, 0.3) is 0 Å². The maximum absolute atomic E-state index is 13.1. The lowest BCUT2D eigenvalue weighted by Gasteiger charge is -2.08. The molecule has 3 rings (SSSR count). The summed E-state index contributed by atoms with van der Waals surface area (Å²) in [4.78, 5) is -0.0949. The predicted octanol–water partition coefficient (Wildman–Crippen LogP) is 5.95. The fourth-order valence-electron chi connectivity index (χ4n) is 2.46. The van der Waals surface area contributed by atoms with Crippen LogP contribution in [0.5, 0.6) is 11.5 Å². The van der Waals surface area contributed by atoms with Crippen LogP contribution >= 0.6 is 11.3 Å². The van der Waals surface area contributed by atoms with Crippen molar-refractivity contribution in [2.45, 2.75) is 19.2 Å². The molecule has 1 aromatic heterocycles. The zero-order chi connectivity index (χ0) is 18.6. The van der Waals surface area contributed by atoms with Gasteiger partial charge in [-0.25, -0.2) is 0 Å². The maximum Gasteiger partial charge on any atom is 0.425 e. The molecule has 0 atom stereocenters. The summed E-state index contributed by atoms with van der Waals surface area (Å²) in [5.74, 6) is 0.985. The van der Waals surface area contributed by atoms with Crippen molar-refractivity contribution in [2.24, 2.45) is 0 Å².